The van der Waals surface area contributed by atoms with Crippen molar-refractivity contribution in [2.24, 2.45) is 11.8 Å². The standard InChI is InChI=1S/C21H31N3O2/c25-20(23-13-11-16-6-5-12-22-15-16)18-9-4-10-19(14-18)24-21(26)17-7-2-1-3-8-17/h4,9-10,14,16-17,22H,1-3,5-8,11-13,15H2,(H,23,25)(H,24,26). The van der Waals surface area contributed by atoms with Gasteiger partial charge in [0, 0.05) is 23.7 Å². The number of amides is 2. The molecule has 0 spiro atoms. The van der Waals surface area contributed by atoms with Crippen LogP contribution in [0.4, 0.5) is 5.69 Å². The number of carbonyl (C=O) groups excluding carboxylic acids is 2. The summed E-state index contributed by atoms with van der Waals surface area (Å²) in [6.45, 7) is 2.87. The molecular weight excluding hydrogens is 326 g/mol. The van der Waals surface area contributed by atoms with Crippen molar-refractivity contribution in [3.8, 4) is 0 Å². The zero-order valence-corrected chi connectivity index (χ0v) is 15.6. The Morgan fingerprint density at radius 3 is 2.69 bits per heavy atom. The van der Waals surface area contributed by atoms with Crippen LogP contribution in [0.15, 0.2) is 24.3 Å². The van der Waals surface area contributed by atoms with Gasteiger partial charge >= 0.3 is 0 Å². The lowest BCUT2D eigenvalue weighted by Gasteiger charge is -2.22. The van der Waals surface area contributed by atoms with Crippen LogP contribution in [-0.2, 0) is 4.79 Å². The third kappa shape index (κ3) is 5.56. The average molecular weight is 357 g/mol. The molecule has 1 aromatic carbocycles. The molecule has 2 aliphatic rings. The first-order valence-corrected chi connectivity index (χ1v) is 10.1. The van der Waals surface area contributed by atoms with Crippen LogP contribution in [-0.4, -0.2) is 31.4 Å². The van der Waals surface area contributed by atoms with Crippen molar-refractivity contribution in [2.45, 2.75) is 51.4 Å². The van der Waals surface area contributed by atoms with Crippen molar-refractivity contribution in [1.29, 1.82) is 0 Å². The fourth-order valence-corrected chi connectivity index (χ4v) is 4.01. The van der Waals surface area contributed by atoms with Gasteiger partial charge in [0.15, 0.2) is 0 Å². The molecule has 0 radical (unpaired) electrons. The first kappa shape index (κ1) is 18.9. The van der Waals surface area contributed by atoms with E-state index in [1.54, 1.807) is 12.1 Å². The molecule has 142 valence electrons. The van der Waals surface area contributed by atoms with E-state index in [0.29, 0.717) is 23.7 Å². The molecule has 2 amide bonds. The molecule has 3 N–H and O–H groups in total. The summed E-state index contributed by atoms with van der Waals surface area (Å²) >= 11 is 0. The summed E-state index contributed by atoms with van der Waals surface area (Å²) in [5.74, 6) is 0.796. The average Bonchev–Trinajstić information content (AvgIpc) is 2.69. The Morgan fingerprint density at radius 1 is 1.08 bits per heavy atom. The summed E-state index contributed by atoms with van der Waals surface area (Å²) in [7, 11) is 0. The Morgan fingerprint density at radius 2 is 1.92 bits per heavy atom. The molecule has 1 saturated heterocycles. The van der Waals surface area contributed by atoms with E-state index in [9.17, 15) is 9.59 Å². The highest BCUT2D eigenvalue weighted by Crippen LogP contribution is 2.25. The summed E-state index contributed by atoms with van der Waals surface area (Å²) in [6.07, 6.45) is 8.93. The molecule has 1 aliphatic heterocycles. The minimum absolute atomic E-state index is 0.0671. The molecule has 5 nitrogen and oxygen atoms in total. The second-order valence-electron chi connectivity index (χ2n) is 7.66. The van der Waals surface area contributed by atoms with Crippen molar-refractivity contribution < 1.29 is 9.59 Å². The molecule has 5 heteroatoms. The summed E-state index contributed by atoms with van der Waals surface area (Å²) in [6, 6.07) is 7.26. The molecule has 1 heterocycles. The maximum Gasteiger partial charge on any atom is 0.251 e. The Kier molecular flexibility index (Phi) is 7.06. The van der Waals surface area contributed by atoms with E-state index < -0.39 is 0 Å². The molecule has 1 aliphatic carbocycles. The SMILES string of the molecule is O=C(NCCC1CCCNC1)c1cccc(NC(=O)C2CCCCC2)c1. The Bertz CT molecular complexity index is 605. The molecule has 1 atom stereocenters. The smallest absolute Gasteiger partial charge is 0.251 e. The summed E-state index contributed by atoms with van der Waals surface area (Å²) in [5, 5.41) is 9.40. The van der Waals surface area contributed by atoms with E-state index in [-0.39, 0.29) is 17.7 Å². The van der Waals surface area contributed by atoms with Gasteiger partial charge < -0.3 is 16.0 Å². The summed E-state index contributed by atoms with van der Waals surface area (Å²) in [4.78, 5) is 24.8. The largest absolute Gasteiger partial charge is 0.352 e. The predicted octanol–water partition coefficient (Wildman–Crippen LogP) is 3.32. The lowest BCUT2D eigenvalue weighted by molar-refractivity contribution is -0.120. The van der Waals surface area contributed by atoms with Gasteiger partial charge in [0.1, 0.15) is 0 Å². The molecule has 0 aromatic heterocycles. The Hall–Kier alpha value is -1.88. The monoisotopic (exact) mass is 357 g/mol. The van der Waals surface area contributed by atoms with Crippen molar-refractivity contribution in [3.63, 3.8) is 0 Å². The quantitative estimate of drug-likeness (QED) is 0.731. The van der Waals surface area contributed by atoms with Crippen molar-refractivity contribution in [3.05, 3.63) is 29.8 Å². The van der Waals surface area contributed by atoms with E-state index in [4.69, 9.17) is 0 Å². The first-order valence-electron chi connectivity index (χ1n) is 10.1. The maximum atomic E-state index is 12.4. The highest BCUT2D eigenvalue weighted by Gasteiger charge is 2.21. The lowest BCUT2D eigenvalue weighted by Crippen LogP contribution is -2.33. The van der Waals surface area contributed by atoms with E-state index in [1.807, 2.05) is 12.1 Å². The van der Waals surface area contributed by atoms with E-state index in [0.717, 1.165) is 45.2 Å². The van der Waals surface area contributed by atoms with Gasteiger partial charge in [-0.2, -0.15) is 0 Å². The molecular formula is C21H31N3O2. The lowest BCUT2D eigenvalue weighted by atomic mass is 9.88. The van der Waals surface area contributed by atoms with Crippen molar-refractivity contribution in [2.75, 3.05) is 25.0 Å². The minimum atomic E-state index is -0.0671. The number of rotatable bonds is 6. The fourth-order valence-electron chi connectivity index (χ4n) is 4.01. The molecule has 1 unspecified atom stereocenters. The van der Waals surface area contributed by atoms with Gasteiger partial charge in [-0.25, -0.2) is 0 Å². The third-order valence-corrected chi connectivity index (χ3v) is 5.61. The summed E-state index contributed by atoms with van der Waals surface area (Å²) < 4.78 is 0. The van der Waals surface area contributed by atoms with Crippen LogP contribution in [0.5, 0.6) is 0 Å². The second-order valence-corrected chi connectivity index (χ2v) is 7.66. The maximum absolute atomic E-state index is 12.4. The number of piperidine rings is 1. The van der Waals surface area contributed by atoms with Crippen LogP contribution in [0.1, 0.15) is 61.7 Å². The van der Waals surface area contributed by atoms with Crippen LogP contribution in [0, 0.1) is 11.8 Å². The van der Waals surface area contributed by atoms with Crippen LogP contribution in [0.3, 0.4) is 0 Å². The number of carbonyl (C=O) groups is 2. The predicted molar refractivity (Wildman–Crippen MR) is 104 cm³/mol. The molecule has 1 aromatic rings. The van der Waals surface area contributed by atoms with Gasteiger partial charge in [-0.3, -0.25) is 9.59 Å². The first-order chi connectivity index (χ1) is 12.7. The molecule has 1 saturated carbocycles. The van der Waals surface area contributed by atoms with E-state index in [1.165, 1.54) is 19.3 Å². The highest BCUT2D eigenvalue weighted by molar-refractivity contribution is 5.97. The van der Waals surface area contributed by atoms with Crippen LogP contribution >= 0.6 is 0 Å². The van der Waals surface area contributed by atoms with Gasteiger partial charge in [-0.05, 0) is 69.3 Å². The highest BCUT2D eigenvalue weighted by atomic mass is 16.2. The minimum Gasteiger partial charge on any atom is -0.352 e. The third-order valence-electron chi connectivity index (χ3n) is 5.61. The van der Waals surface area contributed by atoms with Gasteiger partial charge in [-0.1, -0.05) is 25.3 Å². The van der Waals surface area contributed by atoms with Crippen LogP contribution in [0.25, 0.3) is 0 Å². The number of hydrogen-bond donors (Lipinski definition) is 3. The topological polar surface area (TPSA) is 70.2 Å². The molecule has 2 fully saturated rings. The van der Waals surface area contributed by atoms with Gasteiger partial charge in [0.05, 0.1) is 0 Å². The number of nitrogens with one attached hydrogen (secondary N) is 3. The number of benzene rings is 1. The van der Waals surface area contributed by atoms with Crippen LogP contribution < -0.4 is 16.0 Å². The molecule has 0 bridgehead atoms. The Balaban J connectivity index is 1.47. The van der Waals surface area contributed by atoms with E-state index >= 15 is 0 Å². The van der Waals surface area contributed by atoms with Crippen molar-refractivity contribution >= 4 is 17.5 Å². The number of hydrogen-bond acceptors (Lipinski definition) is 3. The molecule has 3 rings (SSSR count). The zero-order chi connectivity index (χ0) is 18.2. The van der Waals surface area contributed by atoms with Crippen LogP contribution in [0.2, 0.25) is 0 Å². The van der Waals surface area contributed by atoms with Gasteiger partial charge in [0.2, 0.25) is 5.91 Å². The zero-order valence-electron chi connectivity index (χ0n) is 15.6. The Labute approximate surface area is 156 Å². The second kappa shape index (κ2) is 9.72. The van der Waals surface area contributed by atoms with Gasteiger partial charge in [0.25, 0.3) is 5.91 Å². The van der Waals surface area contributed by atoms with E-state index in [2.05, 4.69) is 16.0 Å². The summed E-state index contributed by atoms with van der Waals surface area (Å²) in [5.41, 5.74) is 1.32. The molecule has 26 heavy (non-hydrogen) atoms. The fraction of sp³-hybridized carbons (Fsp3) is 0.619. The van der Waals surface area contributed by atoms with Crippen molar-refractivity contribution in [1.82, 2.24) is 10.6 Å². The van der Waals surface area contributed by atoms with Gasteiger partial charge in [-0.15, -0.1) is 0 Å². The normalized spacial score (nSPS) is 21.2. The number of anilines is 1.